The Morgan fingerprint density at radius 3 is 1.47 bits per heavy atom. The lowest BCUT2D eigenvalue weighted by molar-refractivity contribution is 1.03. The van der Waals surface area contributed by atoms with Crippen molar-refractivity contribution in [3.8, 4) is 0 Å². The third-order valence-corrected chi connectivity index (χ3v) is 4.83. The monoisotopic (exact) mass is 306 g/mol. The molecule has 0 aromatic heterocycles. The zero-order valence-electron chi connectivity index (χ0n) is 9.18. The van der Waals surface area contributed by atoms with Crippen molar-refractivity contribution < 1.29 is 0 Å². The molecule has 2 unspecified atom stereocenters. The van der Waals surface area contributed by atoms with Gasteiger partial charge in [0.05, 0.1) is 0 Å². The average Bonchev–Trinajstić information content (AvgIpc) is 2.94. The lowest BCUT2D eigenvalue weighted by Gasteiger charge is -1.99. The predicted molar refractivity (Wildman–Crippen MR) is 75.9 cm³/mol. The van der Waals surface area contributed by atoms with Gasteiger partial charge in [-0.2, -0.15) is 0 Å². The molecule has 17 heavy (non-hydrogen) atoms. The highest BCUT2D eigenvalue weighted by Gasteiger charge is 2.63. The Hall–Kier alpha value is -0.790. The van der Waals surface area contributed by atoms with Crippen LogP contribution in [0.25, 0.3) is 0 Å². The molecule has 1 aliphatic carbocycles. The molecule has 0 bridgehead atoms. The smallest absolute Gasteiger partial charge is 0.105 e. The molecule has 2 aromatic rings. The molecular formula is C15H12BrCl. The van der Waals surface area contributed by atoms with Gasteiger partial charge in [-0.3, -0.25) is 0 Å². The van der Waals surface area contributed by atoms with Gasteiger partial charge in [0.1, 0.15) is 3.78 Å². The molecule has 0 radical (unpaired) electrons. The van der Waals surface area contributed by atoms with Crippen molar-refractivity contribution >= 4 is 27.5 Å². The molecule has 1 saturated carbocycles. The van der Waals surface area contributed by atoms with Crippen molar-refractivity contribution in [3.63, 3.8) is 0 Å². The van der Waals surface area contributed by atoms with Gasteiger partial charge >= 0.3 is 0 Å². The second-order valence-corrected chi connectivity index (χ2v) is 6.85. The van der Waals surface area contributed by atoms with Crippen LogP contribution >= 0.6 is 27.5 Å². The fourth-order valence-electron chi connectivity index (χ4n) is 2.48. The Morgan fingerprint density at radius 1 is 0.765 bits per heavy atom. The molecule has 0 saturated heterocycles. The fraction of sp³-hybridized carbons (Fsp3) is 0.200. The molecule has 0 amide bonds. The molecule has 0 aliphatic heterocycles. The van der Waals surface area contributed by atoms with Gasteiger partial charge in [0.2, 0.25) is 0 Å². The maximum atomic E-state index is 6.56. The van der Waals surface area contributed by atoms with Gasteiger partial charge in [0.25, 0.3) is 0 Å². The molecule has 0 N–H and O–H groups in total. The summed E-state index contributed by atoms with van der Waals surface area (Å²) in [6.45, 7) is 0. The molecule has 0 heterocycles. The highest BCUT2D eigenvalue weighted by Crippen LogP contribution is 2.71. The summed E-state index contributed by atoms with van der Waals surface area (Å²) in [4.78, 5) is 0. The molecule has 3 rings (SSSR count). The van der Waals surface area contributed by atoms with Crippen LogP contribution in [0.1, 0.15) is 23.0 Å². The van der Waals surface area contributed by atoms with Crippen LogP contribution < -0.4 is 0 Å². The van der Waals surface area contributed by atoms with Gasteiger partial charge in [-0.1, -0.05) is 76.6 Å². The van der Waals surface area contributed by atoms with Crippen molar-refractivity contribution in [1.29, 1.82) is 0 Å². The largest absolute Gasteiger partial charge is 0.114 e. The molecular weight excluding hydrogens is 296 g/mol. The summed E-state index contributed by atoms with van der Waals surface area (Å²) < 4.78 is -0.324. The first kappa shape index (κ1) is 11.3. The number of hydrogen-bond acceptors (Lipinski definition) is 0. The number of hydrogen-bond donors (Lipinski definition) is 0. The predicted octanol–water partition coefficient (Wildman–Crippen LogP) is 4.90. The topological polar surface area (TPSA) is 0 Å². The molecule has 1 aliphatic rings. The number of alkyl halides is 2. The minimum atomic E-state index is -0.324. The summed E-state index contributed by atoms with van der Waals surface area (Å²) in [5, 5.41) is 0. The average molecular weight is 308 g/mol. The van der Waals surface area contributed by atoms with E-state index in [1.165, 1.54) is 11.1 Å². The third kappa shape index (κ3) is 1.92. The third-order valence-electron chi connectivity index (χ3n) is 3.37. The lowest BCUT2D eigenvalue weighted by Crippen LogP contribution is -1.89. The van der Waals surface area contributed by atoms with Crippen LogP contribution in [0.4, 0.5) is 0 Å². The fourth-order valence-corrected chi connectivity index (χ4v) is 3.84. The minimum Gasteiger partial charge on any atom is -0.105 e. The summed E-state index contributed by atoms with van der Waals surface area (Å²) in [6.07, 6.45) is 0. The van der Waals surface area contributed by atoms with Crippen LogP contribution in [0.2, 0.25) is 0 Å². The molecule has 2 aromatic carbocycles. The second kappa shape index (κ2) is 4.15. The number of benzene rings is 2. The van der Waals surface area contributed by atoms with Crippen molar-refractivity contribution in [2.45, 2.75) is 15.6 Å². The van der Waals surface area contributed by atoms with Crippen LogP contribution in [0.3, 0.4) is 0 Å². The summed E-state index contributed by atoms with van der Waals surface area (Å²) in [5.41, 5.74) is 2.60. The first-order valence-corrected chi connectivity index (χ1v) is 6.86. The van der Waals surface area contributed by atoms with E-state index in [1.54, 1.807) is 0 Å². The first-order chi connectivity index (χ1) is 8.21. The standard InChI is InChI=1S/C15H12BrCl/c16-15(17)13(11-7-3-1-4-8-11)14(15)12-9-5-2-6-10-12/h1-10,13-14H. The molecule has 86 valence electrons. The normalized spacial score (nSPS) is 31.2. The van der Waals surface area contributed by atoms with Crippen LogP contribution in [-0.2, 0) is 0 Å². The van der Waals surface area contributed by atoms with E-state index in [-0.39, 0.29) is 3.78 Å². The zero-order chi connectivity index (χ0) is 11.9. The Kier molecular flexibility index (Phi) is 2.76. The van der Waals surface area contributed by atoms with E-state index >= 15 is 0 Å². The van der Waals surface area contributed by atoms with E-state index in [4.69, 9.17) is 11.6 Å². The lowest BCUT2D eigenvalue weighted by atomic mass is 10.0. The summed E-state index contributed by atoms with van der Waals surface area (Å²) in [6, 6.07) is 20.9. The molecule has 0 nitrogen and oxygen atoms in total. The van der Waals surface area contributed by atoms with E-state index in [0.29, 0.717) is 11.8 Å². The Bertz CT molecular complexity index is 459. The van der Waals surface area contributed by atoms with Crippen molar-refractivity contribution in [3.05, 3.63) is 71.8 Å². The van der Waals surface area contributed by atoms with E-state index in [9.17, 15) is 0 Å². The van der Waals surface area contributed by atoms with Gasteiger partial charge < -0.3 is 0 Å². The van der Waals surface area contributed by atoms with Gasteiger partial charge in [-0.05, 0) is 11.1 Å². The number of halogens is 2. The van der Waals surface area contributed by atoms with E-state index < -0.39 is 0 Å². The van der Waals surface area contributed by atoms with Gasteiger partial charge in [-0.25, -0.2) is 0 Å². The van der Waals surface area contributed by atoms with E-state index in [2.05, 4.69) is 64.5 Å². The van der Waals surface area contributed by atoms with Gasteiger partial charge in [0.15, 0.2) is 0 Å². The van der Waals surface area contributed by atoms with E-state index in [1.807, 2.05) is 12.1 Å². The van der Waals surface area contributed by atoms with Crippen molar-refractivity contribution in [2.24, 2.45) is 0 Å². The quantitative estimate of drug-likeness (QED) is 0.692. The van der Waals surface area contributed by atoms with Crippen molar-refractivity contribution in [1.82, 2.24) is 0 Å². The molecule has 1 fully saturated rings. The minimum absolute atomic E-state index is 0.324. The molecule has 2 heteroatoms. The van der Waals surface area contributed by atoms with Crippen LogP contribution in [0, 0.1) is 0 Å². The van der Waals surface area contributed by atoms with Crippen molar-refractivity contribution in [2.75, 3.05) is 0 Å². The van der Waals surface area contributed by atoms with Gasteiger partial charge in [0, 0.05) is 11.8 Å². The number of rotatable bonds is 2. The van der Waals surface area contributed by atoms with Crippen LogP contribution in [0.5, 0.6) is 0 Å². The Labute approximate surface area is 115 Å². The van der Waals surface area contributed by atoms with Gasteiger partial charge in [-0.15, -0.1) is 11.6 Å². The maximum absolute atomic E-state index is 6.56. The Morgan fingerprint density at radius 2 is 1.12 bits per heavy atom. The summed E-state index contributed by atoms with van der Waals surface area (Å²) >= 11 is 10.2. The first-order valence-electron chi connectivity index (χ1n) is 5.69. The summed E-state index contributed by atoms with van der Waals surface area (Å²) in [7, 11) is 0. The molecule has 0 spiro atoms. The zero-order valence-corrected chi connectivity index (χ0v) is 11.5. The molecule has 2 atom stereocenters. The van der Waals surface area contributed by atoms with E-state index in [0.717, 1.165) is 0 Å². The SMILES string of the molecule is ClC1(Br)C(c2ccccc2)C1c1ccccc1. The second-order valence-electron chi connectivity index (χ2n) is 4.45. The summed E-state index contributed by atoms with van der Waals surface area (Å²) in [5.74, 6) is 0.709. The highest BCUT2D eigenvalue weighted by molar-refractivity contribution is 9.10. The van der Waals surface area contributed by atoms with Crippen LogP contribution in [0.15, 0.2) is 60.7 Å². The highest BCUT2D eigenvalue weighted by atomic mass is 79.9. The van der Waals surface area contributed by atoms with Crippen LogP contribution in [-0.4, -0.2) is 3.78 Å². The Balaban J connectivity index is 1.95. The maximum Gasteiger partial charge on any atom is 0.114 e.